The quantitative estimate of drug-likeness (QED) is 0.0497. The molecular weight excluding hydrogens is 482 g/mol. The van der Waals surface area contributed by atoms with Gasteiger partial charge in [0.1, 0.15) is 0 Å². The Bertz CT molecular complexity index is 1500. The maximum Gasteiger partial charge on any atom is 0.332 e. The molecule has 0 bridgehead atoms. The molecule has 38 heavy (non-hydrogen) atoms. The summed E-state index contributed by atoms with van der Waals surface area (Å²) in [6, 6.07) is 19.0. The molecule has 0 aliphatic carbocycles. The molecule has 0 amide bonds. The van der Waals surface area contributed by atoms with Crippen LogP contribution in [0, 0.1) is 10.1 Å². The molecular formula is C30H31N3O5. The summed E-state index contributed by atoms with van der Waals surface area (Å²) in [4.78, 5) is 40.9. The number of benzene rings is 3. The van der Waals surface area contributed by atoms with Crippen LogP contribution in [-0.4, -0.2) is 27.0 Å². The number of aryl methyl sites for hydroxylation is 1. The minimum atomic E-state index is -0.633. The monoisotopic (exact) mass is 513 g/mol. The smallest absolute Gasteiger partial charge is 0.332 e. The van der Waals surface area contributed by atoms with E-state index in [-0.39, 0.29) is 11.4 Å². The zero-order valence-electron chi connectivity index (χ0n) is 21.7. The fourth-order valence-electron chi connectivity index (χ4n) is 4.71. The van der Waals surface area contributed by atoms with Gasteiger partial charge in [-0.05, 0) is 30.7 Å². The minimum absolute atomic E-state index is 0.00180. The van der Waals surface area contributed by atoms with E-state index in [9.17, 15) is 19.7 Å². The third-order valence-corrected chi connectivity index (χ3v) is 6.58. The van der Waals surface area contributed by atoms with Crippen molar-refractivity contribution in [3.8, 4) is 0 Å². The number of fused-ring (bicyclic) bond motifs is 3. The minimum Gasteiger partial charge on any atom is -0.340 e. The predicted octanol–water partition coefficient (Wildman–Crippen LogP) is 7.21. The molecule has 196 valence electrons. The van der Waals surface area contributed by atoms with Crippen LogP contribution in [0.4, 0.5) is 5.69 Å². The summed E-state index contributed by atoms with van der Waals surface area (Å²) in [6.07, 6.45) is 6.94. The molecule has 0 aliphatic rings. The molecule has 4 aromatic rings. The third kappa shape index (κ3) is 5.96. The highest BCUT2D eigenvalue weighted by atomic mass is 16.7. The van der Waals surface area contributed by atoms with Crippen LogP contribution < -0.4 is 0 Å². The first-order valence-corrected chi connectivity index (χ1v) is 13.0. The number of ketones is 1. The molecule has 1 heterocycles. The standard InChI is InChI=1S/C30H31N3O5/c1-3-4-5-6-7-11-18-32-27-16-14-23(19-25(27)26-20-24(33(36)37)15-17-28(26)32)30(35)29(31-38-21(2)34)22-12-9-8-10-13-22/h8-10,12-17,19-20H,3-7,11,18H2,1-2H3. The Labute approximate surface area is 221 Å². The van der Waals surface area contributed by atoms with E-state index in [4.69, 9.17) is 4.84 Å². The SMILES string of the molecule is CCCCCCCCn1c2ccc(C(=O)C(=NOC(C)=O)c3ccccc3)cc2c2cc([N+](=O)[O-])ccc21. The average molecular weight is 514 g/mol. The molecule has 0 saturated heterocycles. The van der Waals surface area contributed by atoms with Crippen LogP contribution in [-0.2, 0) is 16.2 Å². The van der Waals surface area contributed by atoms with E-state index in [2.05, 4.69) is 16.6 Å². The molecule has 8 nitrogen and oxygen atoms in total. The lowest BCUT2D eigenvalue weighted by atomic mass is 9.99. The van der Waals surface area contributed by atoms with Crippen molar-refractivity contribution in [1.82, 2.24) is 4.57 Å². The number of hydrogen-bond donors (Lipinski definition) is 0. The second-order valence-corrected chi connectivity index (χ2v) is 9.33. The molecule has 0 aliphatic heterocycles. The molecule has 3 aromatic carbocycles. The van der Waals surface area contributed by atoms with Gasteiger partial charge < -0.3 is 9.40 Å². The Kier molecular flexibility index (Phi) is 8.63. The normalized spacial score (nSPS) is 11.7. The molecule has 1 aromatic heterocycles. The van der Waals surface area contributed by atoms with Gasteiger partial charge in [0.25, 0.3) is 5.69 Å². The number of nitro benzene ring substituents is 1. The number of carbonyl (C=O) groups excluding carboxylic acids is 2. The summed E-state index contributed by atoms with van der Waals surface area (Å²) in [7, 11) is 0. The van der Waals surface area contributed by atoms with Gasteiger partial charge in [-0.3, -0.25) is 14.9 Å². The van der Waals surface area contributed by atoms with Crippen LogP contribution in [0.3, 0.4) is 0 Å². The molecule has 0 unspecified atom stereocenters. The van der Waals surface area contributed by atoms with Gasteiger partial charge in [0, 0.05) is 58.5 Å². The number of oxime groups is 1. The van der Waals surface area contributed by atoms with E-state index in [0.717, 1.165) is 35.8 Å². The zero-order valence-corrected chi connectivity index (χ0v) is 21.7. The second-order valence-electron chi connectivity index (χ2n) is 9.33. The van der Waals surface area contributed by atoms with E-state index >= 15 is 0 Å². The lowest BCUT2D eigenvalue weighted by Gasteiger charge is -2.09. The van der Waals surface area contributed by atoms with Gasteiger partial charge in [-0.2, -0.15) is 0 Å². The summed E-state index contributed by atoms with van der Waals surface area (Å²) in [6.45, 7) is 4.19. The Balaban J connectivity index is 1.76. The van der Waals surface area contributed by atoms with Gasteiger partial charge in [-0.15, -0.1) is 0 Å². The molecule has 0 saturated carbocycles. The van der Waals surface area contributed by atoms with E-state index in [0.29, 0.717) is 16.5 Å². The molecule has 0 radical (unpaired) electrons. The van der Waals surface area contributed by atoms with Gasteiger partial charge in [-0.25, -0.2) is 4.79 Å². The van der Waals surface area contributed by atoms with Crippen molar-refractivity contribution in [3.05, 3.63) is 88.0 Å². The first kappa shape index (κ1) is 26.7. The number of nitro groups is 1. The third-order valence-electron chi connectivity index (χ3n) is 6.58. The van der Waals surface area contributed by atoms with Crippen LogP contribution in [0.25, 0.3) is 21.8 Å². The summed E-state index contributed by atoms with van der Waals surface area (Å²) in [5, 5.41) is 16.8. The lowest BCUT2D eigenvalue weighted by molar-refractivity contribution is -0.384. The van der Waals surface area contributed by atoms with E-state index in [1.165, 1.54) is 38.7 Å². The summed E-state index contributed by atoms with van der Waals surface area (Å²) in [5.74, 6) is -1.05. The maximum absolute atomic E-state index is 13.6. The Morgan fingerprint density at radius 3 is 2.21 bits per heavy atom. The van der Waals surface area contributed by atoms with Crippen LogP contribution in [0.1, 0.15) is 68.3 Å². The highest BCUT2D eigenvalue weighted by Gasteiger charge is 2.21. The summed E-state index contributed by atoms with van der Waals surface area (Å²) in [5.41, 5.74) is 2.65. The first-order valence-electron chi connectivity index (χ1n) is 13.0. The molecule has 0 atom stereocenters. The van der Waals surface area contributed by atoms with Crippen LogP contribution in [0.5, 0.6) is 0 Å². The molecule has 8 heteroatoms. The molecule has 0 spiro atoms. The van der Waals surface area contributed by atoms with Crippen molar-refractivity contribution in [2.24, 2.45) is 5.16 Å². The van der Waals surface area contributed by atoms with Crippen molar-refractivity contribution in [2.45, 2.75) is 58.9 Å². The number of Topliss-reactive ketones (excluding diaryl/α,β-unsaturated/α-hetero) is 1. The Morgan fingerprint density at radius 2 is 1.53 bits per heavy atom. The highest BCUT2D eigenvalue weighted by Crippen LogP contribution is 2.33. The Hall–Kier alpha value is -4.33. The van der Waals surface area contributed by atoms with Gasteiger partial charge in [0.15, 0.2) is 5.71 Å². The largest absolute Gasteiger partial charge is 0.340 e. The van der Waals surface area contributed by atoms with Crippen LogP contribution >= 0.6 is 0 Å². The Morgan fingerprint density at radius 1 is 0.868 bits per heavy atom. The number of nitrogens with zero attached hydrogens (tertiary/aromatic N) is 3. The van der Waals surface area contributed by atoms with E-state index in [1.54, 1.807) is 48.5 Å². The average Bonchev–Trinajstić information content (AvgIpc) is 3.23. The summed E-state index contributed by atoms with van der Waals surface area (Å²) >= 11 is 0. The van der Waals surface area contributed by atoms with Gasteiger partial charge in [-0.1, -0.05) is 74.5 Å². The number of unbranched alkanes of at least 4 members (excludes halogenated alkanes) is 5. The van der Waals surface area contributed by atoms with E-state index < -0.39 is 16.7 Å². The number of aromatic nitrogens is 1. The van der Waals surface area contributed by atoms with Crippen LogP contribution in [0.2, 0.25) is 0 Å². The number of hydrogen-bond acceptors (Lipinski definition) is 6. The second kappa shape index (κ2) is 12.3. The highest BCUT2D eigenvalue weighted by molar-refractivity contribution is 6.51. The first-order chi connectivity index (χ1) is 18.4. The fraction of sp³-hybridized carbons (Fsp3) is 0.300. The molecule has 4 rings (SSSR count). The zero-order chi connectivity index (χ0) is 27.1. The summed E-state index contributed by atoms with van der Waals surface area (Å²) < 4.78 is 2.17. The topological polar surface area (TPSA) is 104 Å². The number of rotatable bonds is 12. The molecule has 0 N–H and O–H groups in total. The fourth-order valence-corrected chi connectivity index (χ4v) is 4.71. The van der Waals surface area contributed by atoms with Crippen molar-refractivity contribution in [2.75, 3.05) is 0 Å². The van der Waals surface area contributed by atoms with Crippen molar-refractivity contribution in [3.63, 3.8) is 0 Å². The van der Waals surface area contributed by atoms with Gasteiger partial charge in [0.05, 0.1) is 4.92 Å². The van der Waals surface area contributed by atoms with Crippen molar-refractivity contribution < 1.29 is 19.3 Å². The molecule has 0 fully saturated rings. The van der Waals surface area contributed by atoms with Gasteiger partial charge in [0.2, 0.25) is 5.78 Å². The number of carbonyl (C=O) groups is 2. The maximum atomic E-state index is 13.6. The van der Waals surface area contributed by atoms with Crippen LogP contribution in [0.15, 0.2) is 71.9 Å². The number of non-ortho nitro benzene ring substituents is 1. The van der Waals surface area contributed by atoms with E-state index in [1.807, 2.05) is 12.1 Å². The van der Waals surface area contributed by atoms with Crippen molar-refractivity contribution >= 4 is 45.0 Å². The van der Waals surface area contributed by atoms with Gasteiger partial charge >= 0.3 is 5.97 Å². The predicted molar refractivity (Wildman–Crippen MR) is 149 cm³/mol. The lowest BCUT2D eigenvalue weighted by Crippen LogP contribution is -2.17. The van der Waals surface area contributed by atoms with Crippen molar-refractivity contribution in [1.29, 1.82) is 0 Å².